The highest BCUT2D eigenvalue weighted by atomic mass is 35.5. The normalized spacial score (nSPS) is 22.4. The average molecular weight is 505 g/mol. The molecular formula is C24H23Cl2FN4OS. The lowest BCUT2D eigenvalue weighted by Crippen LogP contribution is -2.49. The Morgan fingerprint density at radius 1 is 1.27 bits per heavy atom. The molecule has 2 aliphatic carbocycles. The summed E-state index contributed by atoms with van der Waals surface area (Å²) in [6.45, 7) is 0.509. The van der Waals surface area contributed by atoms with Gasteiger partial charge in [0.15, 0.2) is 5.11 Å². The van der Waals surface area contributed by atoms with Crippen LogP contribution in [0, 0.1) is 5.92 Å². The zero-order valence-electron chi connectivity index (χ0n) is 17.9. The highest BCUT2D eigenvalue weighted by Gasteiger charge is 2.32. The summed E-state index contributed by atoms with van der Waals surface area (Å²) in [6, 6.07) is 5.33. The lowest BCUT2D eigenvalue weighted by atomic mass is 9.96. The number of benzene rings is 1. The number of carbonyl (C=O) groups excluding carboxylic acids is 1. The highest BCUT2D eigenvalue weighted by Crippen LogP contribution is 2.34. The number of halogens is 3. The molecule has 2 atom stereocenters. The van der Waals surface area contributed by atoms with Crippen molar-refractivity contribution in [1.29, 1.82) is 0 Å². The van der Waals surface area contributed by atoms with Crippen LogP contribution in [-0.4, -0.2) is 36.5 Å². The van der Waals surface area contributed by atoms with Gasteiger partial charge in [-0.25, -0.2) is 9.38 Å². The van der Waals surface area contributed by atoms with Gasteiger partial charge in [0.1, 0.15) is 5.83 Å². The minimum absolute atomic E-state index is 0.110. The van der Waals surface area contributed by atoms with Crippen molar-refractivity contribution in [2.45, 2.75) is 25.4 Å². The molecule has 33 heavy (non-hydrogen) atoms. The van der Waals surface area contributed by atoms with Crippen molar-refractivity contribution in [3.05, 3.63) is 75.6 Å². The number of aliphatic imine (C=N–C) groups is 1. The summed E-state index contributed by atoms with van der Waals surface area (Å²) in [5.74, 6) is -0.388. The molecule has 1 heterocycles. The van der Waals surface area contributed by atoms with E-state index < -0.39 is 6.17 Å². The van der Waals surface area contributed by atoms with E-state index in [9.17, 15) is 9.18 Å². The molecule has 1 aliphatic heterocycles. The molecule has 1 aromatic rings. The first-order valence-electron chi connectivity index (χ1n) is 10.6. The van der Waals surface area contributed by atoms with Crippen LogP contribution in [-0.2, 0) is 4.79 Å². The SMILES string of the molecule is CN1C(=O)C(NC(=S)NCC2C=CC(F)=CC2)N=C(C2=CCCC=C2Cl)c2cc(Cl)ccc21. The van der Waals surface area contributed by atoms with E-state index in [2.05, 4.69) is 10.6 Å². The van der Waals surface area contributed by atoms with E-state index in [0.717, 1.165) is 24.0 Å². The molecular weight excluding hydrogens is 482 g/mol. The summed E-state index contributed by atoms with van der Waals surface area (Å²) in [5, 5.41) is 7.55. The Morgan fingerprint density at radius 2 is 2.06 bits per heavy atom. The molecule has 0 saturated carbocycles. The summed E-state index contributed by atoms with van der Waals surface area (Å²) in [7, 11) is 1.69. The highest BCUT2D eigenvalue weighted by molar-refractivity contribution is 7.80. The van der Waals surface area contributed by atoms with Gasteiger partial charge in [0, 0.05) is 34.8 Å². The molecule has 0 saturated heterocycles. The number of nitrogens with one attached hydrogen (secondary N) is 2. The van der Waals surface area contributed by atoms with Crippen LogP contribution in [0.3, 0.4) is 0 Å². The van der Waals surface area contributed by atoms with Gasteiger partial charge in [0.25, 0.3) is 5.91 Å². The summed E-state index contributed by atoms with van der Waals surface area (Å²) < 4.78 is 13.2. The fourth-order valence-corrected chi connectivity index (χ4v) is 4.54. The number of fused-ring (bicyclic) bond motifs is 1. The summed E-state index contributed by atoms with van der Waals surface area (Å²) in [5.41, 5.74) is 2.76. The lowest BCUT2D eigenvalue weighted by Gasteiger charge is -2.22. The fraction of sp³-hybridized carbons (Fsp3) is 0.292. The largest absolute Gasteiger partial charge is 0.362 e. The monoisotopic (exact) mass is 504 g/mol. The van der Waals surface area contributed by atoms with Crippen molar-refractivity contribution < 1.29 is 9.18 Å². The third-order valence-electron chi connectivity index (χ3n) is 5.68. The molecule has 2 unspecified atom stereocenters. The minimum Gasteiger partial charge on any atom is -0.362 e. The van der Waals surface area contributed by atoms with Crippen LogP contribution in [0.15, 0.2) is 70.0 Å². The number of allylic oxidation sites excluding steroid dienone is 7. The second-order valence-corrected chi connectivity index (χ2v) is 9.24. The topological polar surface area (TPSA) is 56.7 Å². The van der Waals surface area contributed by atoms with Crippen molar-refractivity contribution in [2.75, 3.05) is 18.5 Å². The average Bonchev–Trinajstić information content (AvgIpc) is 2.89. The van der Waals surface area contributed by atoms with Crippen molar-refractivity contribution in [1.82, 2.24) is 10.6 Å². The van der Waals surface area contributed by atoms with E-state index in [4.69, 9.17) is 40.4 Å². The van der Waals surface area contributed by atoms with Gasteiger partial charge in [-0.15, -0.1) is 0 Å². The van der Waals surface area contributed by atoms with Gasteiger partial charge in [-0.05, 0) is 67.7 Å². The molecule has 172 valence electrons. The molecule has 9 heteroatoms. The van der Waals surface area contributed by atoms with Gasteiger partial charge >= 0.3 is 0 Å². The van der Waals surface area contributed by atoms with Gasteiger partial charge < -0.3 is 15.5 Å². The number of nitrogens with zero attached hydrogens (tertiary/aromatic N) is 2. The summed E-state index contributed by atoms with van der Waals surface area (Å²) in [6.07, 6.45) is 10.1. The molecule has 0 fully saturated rings. The van der Waals surface area contributed by atoms with Crippen LogP contribution >= 0.6 is 35.4 Å². The molecule has 0 spiro atoms. The maximum atomic E-state index is 13.3. The van der Waals surface area contributed by atoms with E-state index in [-0.39, 0.29) is 22.8 Å². The predicted molar refractivity (Wildman–Crippen MR) is 137 cm³/mol. The minimum atomic E-state index is -0.956. The van der Waals surface area contributed by atoms with E-state index in [0.29, 0.717) is 34.4 Å². The molecule has 0 aromatic heterocycles. The zero-order valence-corrected chi connectivity index (χ0v) is 20.3. The van der Waals surface area contributed by atoms with Crippen LogP contribution in [0.4, 0.5) is 10.1 Å². The number of amides is 1. The van der Waals surface area contributed by atoms with E-state index in [1.165, 1.54) is 6.08 Å². The van der Waals surface area contributed by atoms with Crippen LogP contribution < -0.4 is 15.5 Å². The van der Waals surface area contributed by atoms with Gasteiger partial charge in [-0.1, -0.05) is 41.4 Å². The Hall–Kier alpha value is -2.48. The quantitative estimate of drug-likeness (QED) is 0.555. The van der Waals surface area contributed by atoms with Gasteiger partial charge in [0.2, 0.25) is 6.17 Å². The molecule has 4 rings (SSSR count). The first-order chi connectivity index (χ1) is 15.8. The Bertz CT molecular complexity index is 1140. The molecule has 0 radical (unpaired) electrons. The van der Waals surface area contributed by atoms with Crippen molar-refractivity contribution in [3.63, 3.8) is 0 Å². The maximum absolute atomic E-state index is 13.3. The van der Waals surface area contributed by atoms with Crippen molar-refractivity contribution in [3.8, 4) is 0 Å². The van der Waals surface area contributed by atoms with E-state index in [1.54, 1.807) is 42.3 Å². The molecule has 5 nitrogen and oxygen atoms in total. The second-order valence-electron chi connectivity index (χ2n) is 7.98. The Balaban J connectivity index is 1.60. The molecule has 1 amide bonds. The maximum Gasteiger partial charge on any atom is 0.272 e. The van der Waals surface area contributed by atoms with Gasteiger partial charge in [-0.2, -0.15) is 0 Å². The Kier molecular flexibility index (Phi) is 7.32. The zero-order chi connectivity index (χ0) is 23.5. The van der Waals surface area contributed by atoms with E-state index >= 15 is 0 Å². The second kappa shape index (κ2) is 10.2. The van der Waals surface area contributed by atoms with Gasteiger partial charge in [0.05, 0.1) is 11.4 Å². The Morgan fingerprint density at radius 3 is 2.79 bits per heavy atom. The Labute approximate surface area is 207 Å². The summed E-state index contributed by atoms with van der Waals surface area (Å²) >= 11 is 18.3. The number of likely N-dealkylation sites (N-methyl/N-ethyl adjacent to an activating group) is 1. The van der Waals surface area contributed by atoms with Gasteiger partial charge in [-0.3, -0.25) is 4.79 Å². The lowest BCUT2D eigenvalue weighted by molar-refractivity contribution is -0.119. The molecule has 3 aliphatic rings. The molecule has 2 N–H and O–H groups in total. The fourth-order valence-electron chi connectivity index (χ4n) is 3.90. The number of hydrogen-bond acceptors (Lipinski definition) is 3. The van der Waals surface area contributed by atoms with Crippen LogP contribution in [0.1, 0.15) is 24.8 Å². The number of hydrogen-bond donors (Lipinski definition) is 2. The number of benzodiazepines with no additional fused rings is 1. The first kappa shape index (κ1) is 23.7. The van der Waals surface area contributed by atoms with Crippen LogP contribution in [0.25, 0.3) is 0 Å². The molecule has 0 bridgehead atoms. The third-order valence-corrected chi connectivity index (χ3v) is 6.54. The van der Waals surface area contributed by atoms with Crippen LogP contribution in [0.5, 0.6) is 0 Å². The van der Waals surface area contributed by atoms with Crippen LogP contribution in [0.2, 0.25) is 5.02 Å². The number of anilines is 1. The smallest absolute Gasteiger partial charge is 0.272 e. The number of rotatable bonds is 4. The molecule has 1 aromatic carbocycles. The third kappa shape index (κ3) is 5.37. The number of carbonyl (C=O) groups is 1. The van der Waals surface area contributed by atoms with Crippen molar-refractivity contribution >= 4 is 57.8 Å². The summed E-state index contributed by atoms with van der Waals surface area (Å²) in [4.78, 5) is 19.6. The standard InChI is InChI=1S/C24H23Cl2FN4OS/c1-31-20-11-8-15(25)12-18(20)21(17-4-2-3-5-19(17)26)29-22(23(31)32)30-24(33)28-13-14-6-9-16(27)10-7-14/h4-6,8-12,14,22H,2-3,7,13H2,1H3,(H2,28,30,33). The number of thiocarbonyl (C=S) groups is 1. The van der Waals surface area contributed by atoms with E-state index in [1.807, 2.05) is 12.2 Å². The van der Waals surface area contributed by atoms with Crippen molar-refractivity contribution in [2.24, 2.45) is 10.9 Å². The first-order valence-corrected chi connectivity index (χ1v) is 11.8. The predicted octanol–water partition coefficient (Wildman–Crippen LogP) is 5.17.